The zero-order valence-corrected chi connectivity index (χ0v) is 32.4. The van der Waals surface area contributed by atoms with E-state index in [4.69, 9.17) is 11.6 Å². The third-order valence-corrected chi connectivity index (χ3v) is 13.2. The highest BCUT2D eigenvalue weighted by Gasteiger charge is 2.44. The van der Waals surface area contributed by atoms with E-state index in [-0.39, 0.29) is 23.1 Å². The molecule has 0 aliphatic carbocycles. The number of nitriles is 1. The molecule has 3 aromatic rings. The zero-order valence-electron chi connectivity index (χ0n) is 31.7. The van der Waals surface area contributed by atoms with E-state index in [0.29, 0.717) is 35.5 Å². The molecule has 288 valence electrons. The Balaban J connectivity index is 0.781. The first-order valence-electron chi connectivity index (χ1n) is 20.0. The van der Waals surface area contributed by atoms with Gasteiger partial charge in [-0.3, -0.25) is 24.6 Å². The first-order chi connectivity index (χ1) is 26.7. The Morgan fingerprint density at radius 2 is 1.56 bits per heavy atom. The number of hydrogen-bond acceptors (Lipinski definition) is 9. The molecule has 3 aromatic carbocycles. The number of imide groups is 1. The fraction of sp³-hybridized carbons (Fsp3) is 0.488. The van der Waals surface area contributed by atoms with Crippen LogP contribution in [0.5, 0.6) is 0 Å². The van der Waals surface area contributed by atoms with Gasteiger partial charge in [0, 0.05) is 106 Å². The summed E-state index contributed by atoms with van der Waals surface area (Å²) in [7, 11) is 0. The molecule has 5 fully saturated rings. The zero-order chi connectivity index (χ0) is 38.1. The van der Waals surface area contributed by atoms with Gasteiger partial charge in [-0.05, 0) is 112 Å². The van der Waals surface area contributed by atoms with Crippen LogP contribution in [0.2, 0.25) is 5.02 Å². The van der Waals surface area contributed by atoms with Crippen LogP contribution in [0.15, 0.2) is 66.7 Å². The Hall–Kier alpha value is -4.79. The van der Waals surface area contributed by atoms with Gasteiger partial charge in [0.05, 0.1) is 10.6 Å². The van der Waals surface area contributed by atoms with E-state index in [1.165, 1.54) is 5.69 Å². The smallest absolute Gasteiger partial charge is 0.253 e. The molecule has 0 aromatic heterocycles. The minimum absolute atomic E-state index is 0.126. The number of amides is 3. The second-order valence-electron chi connectivity index (χ2n) is 16.2. The fourth-order valence-electron chi connectivity index (χ4n) is 9.64. The van der Waals surface area contributed by atoms with Gasteiger partial charge in [-0.25, -0.2) is 0 Å². The quantitative estimate of drug-likeness (QED) is 0.291. The summed E-state index contributed by atoms with van der Waals surface area (Å²) < 4.78 is 0. The minimum atomic E-state index is -0.395. The molecule has 5 aliphatic heterocycles. The minimum Gasteiger partial charge on any atom is -0.374 e. The van der Waals surface area contributed by atoms with E-state index >= 15 is 0 Å². The molecular formula is C43H51ClN8O3. The van der Waals surface area contributed by atoms with Gasteiger partial charge in [-0.15, -0.1) is 0 Å². The lowest BCUT2D eigenvalue weighted by molar-refractivity contribution is -0.133. The van der Waals surface area contributed by atoms with Crippen LogP contribution in [0.3, 0.4) is 0 Å². The summed E-state index contributed by atoms with van der Waals surface area (Å²) in [5.41, 5.74) is 5.86. The van der Waals surface area contributed by atoms with Crippen LogP contribution >= 0.6 is 11.6 Å². The number of piperazine rings is 1. The molecule has 5 saturated heterocycles. The van der Waals surface area contributed by atoms with Gasteiger partial charge < -0.3 is 24.9 Å². The van der Waals surface area contributed by atoms with Crippen molar-refractivity contribution in [3.05, 3.63) is 82.9 Å². The molecule has 0 unspecified atom stereocenters. The SMILES string of the molecule is C[C@H]1CC2(CCN(c3ccc(C(=O)N4CCC(N5CCN(c6cccc(N[C@H]7CCC(=O)NC7=O)c6)CC5)CC4)cc3)CC2)CN1c1ccc(C#N)c(Cl)c1. The fourth-order valence-corrected chi connectivity index (χ4v) is 9.86. The lowest BCUT2D eigenvalue weighted by atomic mass is 9.76. The number of benzene rings is 3. The third-order valence-electron chi connectivity index (χ3n) is 12.8. The molecular weight excluding hydrogens is 712 g/mol. The van der Waals surface area contributed by atoms with Crippen LogP contribution in [-0.4, -0.2) is 105 Å². The highest BCUT2D eigenvalue weighted by molar-refractivity contribution is 6.32. The van der Waals surface area contributed by atoms with E-state index < -0.39 is 6.04 Å². The molecule has 0 saturated carbocycles. The van der Waals surface area contributed by atoms with E-state index in [2.05, 4.69) is 67.5 Å². The van der Waals surface area contributed by atoms with Crippen molar-refractivity contribution in [3.8, 4) is 6.07 Å². The summed E-state index contributed by atoms with van der Waals surface area (Å²) in [4.78, 5) is 49.3. The molecule has 0 bridgehead atoms. The normalized spacial score (nSPS) is 23.5. The van der Waals surface area contributed by atoms with Crippen molar-refractivity contribution in [2.24, 2.45) is 5.41 Å². The summed E-state index contributed by atoms with van der Waals surface area (Å²) in [5, 5.41) is 15.5. The molecule has 3 amide bonds. The maximum Gasteiger partial charge on any atom is 0.253 e. The van der Waals surface area contributed by atoms with E-state index in [1.54, 1.807) is 0 Å². The predicted octanol–water partition coefficient (Wildman–Crippen LogP) is 5.74. The van der Waals surface area contributed by atoms with E-state index in [1.807, 2.05) is 47.4 Å². The molecule has 2 atom stereocenters. The number of piperidine rings is 3. The number of rotatable bonds is 7. The van der Waals surface area contributed by atoms with Crippen molar-refractivity contribution in [2.75, 3.05) is 78.9 Å². The van der Waals surface area contributed by atoms with Crippen molar-refractivity contribution in [2.45, 2.75) is 70.0 Å². The second-order valence-corrected chi connectivity index (χ2v) is 16.6. The Kier molecular flexibility index (Phi) is 10.6. The van der Waals surface area contributed by atoms with Crippen molar-refractivity contribution in [1.29, 1.82) is 5.26 Å². The third kappa shape index (κ3) is 7.98. The number of nitrogens with zero attached hydrogens (tertiary/aromatic N) is 6. The van der Waals surface area contributed by atoms with Crippen molar-refractivity contribution >= 4 is 52.1 Å². The van der Waals surface area contributed by atoms with Crippen molar-refractivity contribution in [1.82, 2.24) is 15.1 Å². The first-order valence-corrected chi connectivity index (χ1v) is 20.3. The number of carbonyl (C=O) groups is 3. The summed E-state index contributed by atoms with van der Waals surface area (Å²) in [5.74, 6) is -0.341. The van der Waals surface area contributed by atoms with Crippen LogP contribution < -0.4 is 25.3 Å². The summed E-state index contributed by atoms with van der Waals surface area (Å²) >= 11 is 6.38. The molecule has 2 N–H and O–H groups in total. The van der Waals surface area contributed by atoms with Gasteiger partial charge in [-0.1, -0.05) is 17.7 Å². The highest BCUT2D eigenvalue weighted by atomic mass is 35.5. The molecule has 5 heterocycles. The van der Waals surface area contributed by atoms with Crippen LogP contribution in [0.25, 0.3) is 0 Å². The number of likely N-dealkylation sites (tertiary alicyclic amines) is 1. The number of nitrogens with one attached hydrogen (secondary N) is 2. The molecule has 55 heavy (non-hydrogen) atoms. The maximum absolute atomic E-state index is 13.6. The lowest BCUT2D eigenvalue weighted by Gasteiger charge is -2.43. The van der Waals surface area contributed by atoms with Crippen LogP contribution in [-0.2, 0) is 9.59 Å². The number of hydrogen-bond donors (Lipinski definition) is 2. The monoisotopic (exact) mass is 762 g/mol. The topological polar surface area (TPSA) is 115 Å². The van der Waals surface area contributed by atoms with E-state index in [9.17, 15) is 19.6 Å². The van der Waals surface area contributed by atoms with Crippen molar-refractivity contribution in [3.63, 3.8) is 0 Å². The number of halogens is 1. The standard InChI is InChI=1S/C43H51ClN8O3/c1-30-27-43(29-52(30)37-10-7-32(28-45)38(44)26-37)15-19-48(20-16-43)34-8-5-31(6-9-34)42(55)51-17-13-35(14-18-51)49-21-23-50(24-22-49)36-4-2-3-33(25-36)46-39-11-12-40(53)47-41(39)54/h2-10,25-26,30,35,39,46H,11-24,27,29H2,1H3,(H,47,53,54)/t30-,39-/m0/s1. The van der Waals surface area contributed by atoms with Crippen LogP contribution in [0.4, 0.5) is 22.7 Å². The average Bonchev–Trinajstić information content (AvgIpc) is 3.54. The Bertz CT molecular complexity index is 1940. The Morgan fingerprint density at radius 3 is 2.25 bits per heavy atom. The first kappa shape index (κ1) is 37.1. The summed E-state index contributed by atoms with van der Waals surface area (Å²) in [6, 6.07) is 24.9. The van der Waals surface area contributed by atoms with Gasteiger partial charge in [0.1, 0.15) is 12.1 Å². The summed E-state index contributed by atoms with van der Waals surface area (Å²) in [6.45, 7) is 10.7. The van der Waals surface area contributed by atoms with Crippen LogP contribution in [0, 0.1) is 16.7 Å². The summed E-state index contributed by atoms with van der Waals surface area (Å²) in [6.07, 6.45) is 6.23. The van der Waals surface area contributed by atoms with Gasteiger partial charge >= 0.3 is 0 Å². The maximum atomic E-state index is 13.6. The molecule has 12 heteroatoms. The molecule has 11 nitrogen and oxygen atoms in total. The van der Waals surface area contributed by atoms with Crippen molar-refractivity contribution < 1.29 is 14.4 Å². The predicted molar refractivity (Wildman–Crippen MR) is 217 cm³/mol. The molecule has 1 spiro atoms. The second kappa shape index (κ2) is 15.8. The Morgan fingerprint density at radius 1 is 0.855 bits per heavy atom. The lowest BCUT2D eigenvalue weighted by Crippen LogP contribution is -2.53. The molecule has 5 aliphatic rings. The van der Waals surface area contributed by atoms with Crippen LogP contribution in [0.1, 0.15) is 67.8 Å². The Labute approximate surface area is 329 Å². The average molecular weight is 763 g/mol. The van der Waals surface area contributed by atoms with E-state index in [0.717, 1.165) is 114 Å². The molecule has 0 radical (unpaired) electrons. The number of carbonyl (C=O) groups excluding carboxylic acids is 3. The van der Waals surface area contributed by atoms with Gasteiger partial charge in [0.15, 0.2) is 0 Å². The largest absolute Gasteiger partial charge is 0.374 e. The van der Waals surface area contributed by atoms with Gasteiger partial charge in [0.2, 0.25) is 11.8 Å². The highest BCUT2D eigenvalue weighted by Crippen LogP contribution is 2.46. The van der Waals surface area contributed by atoms with Gasteiger partial charge in [-0.2, -0.15) is 5.26 Å². The van der Waals surface area contributed by atoms with Gasteiger partial charge in [0.25, 0.3) is 5.91 Å². The molecule has 8 rings (SSSR count). The number of anilines is 4.